The Labute approximate surface area is 175 Å². The van der Waals surface area contributed by atoms with Crippen LogP contribution in [0, 0.1) is 5.82 Å². The Morgan fingerprint density at radius 3 is 2.53 bits per heavy atom. The average molecular weight is 405 g/mol. The molecule has 3 heterocycles. The summed E-state index contributed by atoms with van der Waals surface area (Å²) in [5.74, 6) is 0.650. The van der Waals surface area contributed by atoms with Crippen molar-refractivity contribution in [2.45, 2.75) is 25.2 Å². The van der Waals surface area contributed by atoms with Crippen LogP contribution in [0.3, 0.4) is 0 Å². The Balaban J connectivity index is 1.43. The molecule has 0 N–H and O–H groups in total. The first kappa shape index (κ1) is 18.9. The maximum atomic E-state index is 13.3. The van der Waals surface area contributed by atoms with Gasteiger partial charge in [-0.25, -0.2) is 4.39 Å². The minimum absolute atomic E-state index is 0.0321. The molecule has 5 rings (SSSR count). The zero-order valence-electron chi connectivity index (χ0n) is 16.9. The van der Waals surface area contributed by atoms with Crippen molar-refractivity contribution in [3.8, 4) is 5.75 Å². The molecular formula is C24H24FN3O2. The second-order valence-corrected chi connectivity index (χ2v) is 8.00. The number of hydrogen-bond donors (Lipinski definition) is 0. The third-order valence-corrected chi connectivity index (χ3v) is 6.20. The number of halogens is 1. The molecule has 1 saturated heterocycles. The van der Waals surface area contributed by atoms with E-state index in [-0.39, 0.29) is 23.8 Å². The van der Waals surface area contributed by atoms with Crippen LogP contribution in [0.25, 0.3) is 0 Å². The second kappa shape index (κ2) is 7.61. The van der Waals surface area contributed by atoms with Gasteiger partial charge in [-0.15, -0.1) is 0 Å². The summed E-state index contributed by atoms with van der Waals surface area (Å²) in [6.07, 6.45) is 2.01. The lowest BCUT2D eigenvalue weighted by molar-refractivity contribution is 0.0556. The van der Waals surface area contributed by atoms with Crippen molar-refractivity contribution < 1.29 is 13.9 Å². The molecule has 2 aromatic carbocycles. The van der Waals surface area contributed by atoms with Crippen LogP contribution in [0.1, 0.15) is 27.7 Å². The fraction of sp³-hybridized carbons (Fsp3) is 0.292. The lowest BCUT2D eigenvalue weighted by Crippen LogP contribution is -2.49. The van der Waals surface area contributed by atoms with E-state index in [4.69, 9.17) is 4.74 Å². The first-order valence-electron chi connectivity index (χ1n) is 10.2. The summed E-state index contributed by atoms with van der Waals surface area (Å²) in [5, 5.41) is 0. The fourth-order valence-electron chi connectivity index (χ4n) is 4.77. The van der Waals surface area contributed by atoms with Gasteiger partial charge in [0.15, 0.2) is 0 Å². The maximum Gasteiger partial charge on any atom is 0.271 e. The van der Waals surface area contributed by atoms with Crippen molar-refractivity contribution in [3.63, 3.8) is 0 Å². The maximum absolute atomic E-state index is 13.3. The van der Waals surface area contributed by atoms with E-state index < -0.39 is 0 Å². The van der Waals surface area contributed by atoms with Gasteiger partial charge in [-0.2, -0.15) is 0 Å². The number of methoxy groups -OCH3 is 1. The molecule has 0 spiro atoms. The minimum Gasteiger partial charge on any atom is -0.496 e. The summed E-state index contributed by atoms with van der Waals surface area (Å²) < 4.78 is 21.0. The number of amides is 1. The van der Waals surface area contributed by atoms with E-state index >= 15 is 0 Å². The Morgan fingerprint density at radius 2 is 1.73 bits per heavy atom. The molecule has 2 unspecified atom stereocenters. The Kier molecular flexibility index (Phi) is 4.79. The molecule has 1 fully saturated rings. The van der Waals surface area contributed by atoms with Crippen molar-refractivity contribution >= 4 is 5.91 Å². The van der Waals surface area contributed by atoms with Crippen molar-refractivity contribution in [3.05, 3.63) is 89.5 Å². The van der Waals surface area contributed by atoms with Gasteiger partial charge in [-0.05, 0) is 35.9 Å². The number of benzene rings is 2. The molecule has 154 valence electrons. The van der Waals surface area contributed by atoms with E-state index in [1.165, 1.54) is 12.1 Å². The summed E-state index contributed by atoms with van der Waals surface area (Å²) in [4.78, 5) is 17.6. The summed E-state index contributed by atoms with van der Waals surface area (Å²) in [5.41, 5.74) is 2.80. The molecule has 0 radical (unpaired) electrons. The van der Waals surface area contributed by atoms with Crippen LogP contribution in [-0.2, 0) is 13.1 Å². The van der Waals surface area contributed by atoms with Gasteiger partial charge in [0.25, 0.3) is 5.91 Å². The van der Waals surface area contributed by atoms with Gasteiger partial charge in [0.2, 0.25) is 0 Å². The van der Waals surface area contributed by atoms with E-state index in [0.29, 0.717) is 6.54 Å². The van der Waals surface area contributed by atoms with Gasteiger partial charge in [0, 0.05) is 37.9 Å². The zero-order chi connectivity index (χ0) is 20.7. The molecule has 0 aliphatic carbocycles. The van der Waals surface area contributed by atoms with Crippen LogP contribution in [0.4, 0.5) is 4.39 Å². The lowest BCUT2D eigenvalue weighted by atomic mass is 10.0. The summed E-state index contributed by atoms with van der Waals surface area (Å²) in [6.45, 7) is 2.89. The Bertz CT molecular complexity index is 1060. The highest BCUT2D eigenvalue weighted by Gasteiger charge is 2.44. The minimum atomic E-state index is -0.265. The predicted molar refractivity (Wildman–Crippen MR) is 112 cm³/mol. The SMILES string of the molecule is COc1ccccc1CN1CC2C(C1)n1cccc1C(=O)N2Cc1ccc(F)cc1. The number of carbonyl (C=O) groups excluding carboxylic acids is 1. The number of hydrogen-bond acceptors (Lipinski definition) is 3. The highest BCUT2D eigenvalue weighted by molar-refractivity contribution is 5.94. The Morgan fingerprint density at radius 1 is 0.967 bits per heavy atom. The van der Waals surface area contributed by atoms with E-state index in [2.05, 4.69) is 15.5 Å². The smallest absolute Gasteiger partial charge is 0.271 e. The van der Waals surface area contributed by atoms with Crippen molar-refractivity contribution in [1.82, 2.24) is 14.4 Å². The normalized spacial score (nSPS) is 20.9. The molecule has 2 atom stereocenters. The predicted octanol–water partition coefficient (Wildman–Crippen LogP) is 3.72. The number of fused-ring (bicyclic) bond motifs is 3. The zero-order valence-corrected chi connectivity index (χ0v) is 16.9. The molecule has 2 aliphatic heterocycles. The molecule has 5 nitrogen and oxygen atoms in total. The van der Waals surface area contributed by atoms with E-state index in [1.807, 2.05) is 41.4 Å². The van der Waals surface area contributed by atoms with Gasteiger partial charge in [-0.1, -0.05) is 30.3 Å². The molecule has 0 saturated carbocycles. The number of carbonyl (C=O) groups is 1. The number of para-hydroxylation sites is 1. The molecule has 30 heavy (non-hydrogen) atoms. The molecule has 0 bridgehead atoms. The second-order valence-electron chi connectivity index (χ2n) is 8.00. The number of nitrogens with zero attached hydrogens (tertiary/aromatic N) is 3. The van der Waals surface area contributed by atoms with Crippen molar-refractivity contribution in [1.29, 1.82) is 0 Å². The topological polar surface area (TPSA) is 37.7 Å². The third kappa shape index (κ3) is 3.27. The van der Waals surface area contributed by atoms with Crippen LogP contribution in [-0.4, -0.2) is 46.5 Å². The van der Waals surface area contributed by atoms with Crippen molar-refractivity contribution in [2.75, 3.05) is 20.2 Å². The quantitative estimate of drug-likeness (QED) is 0.649. The number of rotatable bonds is 5. The highest BCUT2D eigenvalue weighted by Crippen LogP contribution is 2.36. The highest BCUT2D eigenvalue weighted by atomic mass is 19.1. The number of likely N-dealkylation sites (tertiary alicyclic amines) is 1. The van der Waals surface area contributed by atoms with Gasteiger partial charge in [0.1, 0.15) is 17.3 Å². The molecule has 6 heteroatoms. The van der Waals surface area contributed by atoms with Crippen molar-refractivity contribution in [2.24, 2.45) is 0 Å². The van der Waals surface area contributed by atoms with Gasteiger partial charge >= 0.3 is 0 Å². The Hall–Kier alpha value is -3.12. The van der Waals surface area contributed by atoms with Crippen LogP contribution in [0.5, 0.6) is 5.75 Å². The number of ether oxygens (including phenoxy) is 1. The molecular weight excluding hydrogens is 381 g/mol. The van der Waals surface area contributed by atoms with Crippen LogP contribution < -0.4 is 4.74 Å². The van der Waals surface area contributed by atoms with Gasteiger partial charge < -0.3 is 14.2 Å². The van der Waals surface area contributed by atoms with Gasteiger partial charge in [-0.3, -0.25) is 9.69 Å². The average Bonchev–Trinajstić information content (AvgIpc) is 3.40. The first-order valence-corrected chi connectivity index (χ1v) is 10.2. The molecule has 1 aromatic heterocycles. The van der Waals surface area contributed by atoms with Crippen LogP contribution in [0.15, 0.2) is 66.9 Å². The summed E-state index contributed by atoms with van der Waals surface area (Å²) >= 11 is 0. The first-order chi connectivity index (χ1) is 14.6. The summed E-state index contributed by atoms with van der Waals surface area (Å²) in [7, 11) is 1.69. The van der Waals surface area contributed by atoms with Gasteiger partial charge in [0.05, 0.1) is 19.2 Å². The van der Waals surface area contributed by atoms with Crippen LogP contribution >= 0.6 is 0 Å². The third-order valence-electron chi connectivity index (χ3n) is 6.20. The monoisotopic (exact) mass is 405 g/mol. The van der Waals surface area contributed by atoms with E-state index in [0.717, 1.165) is 42.2 Å². The molecule has 1 amide bonds. The van der Waals surface area contributed by atoms with E-state index in [9.17, 15) is 9.18 Å². The lowest BCUT2D eigenvalue weighted by Gasteiger charge is -2.38. The van der Waals surface area contributed by atoms with Crippen LogP contribution in [0.2, 0.25) is 0 Å². The molecule has 3 aromatic rings. The van der Waals surface area contributed by atoms with E-state index in [1.54, 1.807) is 19.2 Å². The largest absolute Gasteiger partial charge is 0.496 e. The molecule has 2 aliphatic rings. The summed E-state index contributed by atoms with van der Waals surface area (Å²) in [6, 6.07) is 18.6. The number of aromatic nitrogens is 1. The standard InChI is InChI=1S/C24H24FN3O2/c1-30-23-7-3-2-5-18(23)14-26-15-21-22(16-26)28(13-17-8-10-19(25)11-9-17)24(29)20-6-4-12-27(20)21/h2-12,21-22H,13-16H2,1H3. The fourth-order valence-corrected chi connectivity index (χ4v) is 4.77.